The van der Waals surface area contributed by atoms with E-state index in [1.807, 2.05) is 20.8 Å². The quantitative estimate of drug-likeness (QED) is 0.126. The number of allylic oxidation sites excluding steroid dienone is 3. The number of rotatable bonds is 8. The van der Waals surface area contributed by atoms with Crippen LogP contribution in [-0.2, 0) is 18.8 Å². The van der Waals surface area contributed by atoms with E-state index < -0.39 is 19.3 Å². The fourth-order valence-electron chi connectivity index (χ4n) is 4.11. The molecule has 0 aromatic rings. The minimum atomic E-state index is -1.93. The number of ether oxygens (including phenoxy) is 1. The molecule has 5 heteroatoms. The van der Waals surface area contributed by atoms with Crippen molar-refractivity contribution >= 4 is 20.4 Å². The largest absolute Gasteiger partial charge is 0.544 e. The third-order valence-electron chi connectivity index (χ3n) is 7.47. The molecule has 1 saturated carbocycles. The summed E-state index contributed by atoms with van der Waals surface area (Å²) in [6, 6.07) is 0. The minimum absolute atomic E-state index is 0.0835. The third kappa shape index (κ3) is 4.36. The summed E-state index contributed by atoms with van der Waals surface area (Å²) in [6.45, 7) is 24.9. The lowest BCUT2D eigenvalue weighted by Gasteiger charge is -2.40. The SMILES string of the molecule is C=C(O[Si](C)(C)C(C)(C)C)/C(C)=C/CC[C@@]1(C)C(=O)[C@@]2(C)O[C@H]2C[C@@H]1C(=C)C=O. The molecule has 1 aliphatic carbocycles. The first-order chi connectivity index (χ1) is 13.1. The summed E-state index contributed by atoms with van der Waals surface area (Å²) in [5.41, 5.74) is 0.143. The van der Waals surface area contributed by atoms with Crippen molar-refractivity contribution in [1.29, 1.82) is 0 Å². The van der Waals surface area contributed by atoms with Gasteiger partial charge in [-0.05, 0) is 62.4 Å². The van der Waals surface area contributed by atoms with Gasteiger partial charge >= 0.3 is 0 Å². The summed E-state index contributed by atoms with van der Waals surface area (Å²) in [5, 5.41) is 0.108. The van der Waals surface area contributed by atoms with Gasteiger partial charge < -0.3 is 9.16 Å². The van der Waals surface area contributed by atoms with Gasteiger partial charge in [0.2, 0.25) is 8.32 Å². The third-order valence-corrected chi connectivity index (χ3v) is 11.8. The molecule has 1 saturated heterocycles. The Hall–Kier alpha value is -1.46. The van der Waals surface area contributed by atoms with Crippen molar-refractivity contribution in [2.45, 2.75) is 90.6 Å². The molecule has 2 fully saturated rings. The molecular weight excluding hydrogens is 380 g/mol. The zero-order valence-electron chi connectivity index (χ0n) is 19.5. The van der Waals surface area contributed by atoms with Crippen LogP contribution in [0.5, 0.6) is 0 Å². The van der Waals surface area contributed by atoms with E-state index in [2.05, 4.69) is 53.1 Å². The van der Waals surface area contributed by atoms with Crippen molar-refractivity contribution in [1.82, 2.24) is 0 Å². The number of carbonyl (C=O) groups excluding carboxylic acids is 2. The van der Waals surface area contributed by atoms with Crippen molar-refractivity contribution < 1.29 is 18.8 Å². The Kier molecular flexibility index (Phi) is 6.29. The Labute approximate surface area is 177 Å². The van der Waals surface area contributed by atoms with Crippen LogP contribution in [0.15, 0.2) is 36.1 Å². The van der Waals surface area contributed by atoms with Crippen molar-refractivity contribution in [2.24, 2.45) is 11.3 Å². The number of aldehydes is 1. The van der Waals surface area contributed by atoms with Crippen molar-refractivity contribution in [3.63, 3.8) is 0 Å². The van der Waals surface area contributed by atoms with Gasteiger partial charge in [0.15, 0.2) is 11.4 Å². The van der Waals surface area contributed by atoms with Gasteiger partial charge in [0, 0.05) is 11.3 Å². The van der Waals surface area contributed by atoms with E-state index in [-0.39, 0.29) is 22.8 Å². The van der Waals surface area contributed by atoms with Gasteiger partial charge in [-0.3, -0.25) is 9.59 Å². The molecule has 0 spiro atoms. The highest BCUT2D eigenvalue weighted by Crippen LogP contribution is 2.57. The molecule has 0 unspecified atom stereocenters. The second-order valence-corrected chi connectivity index (χ2v) is 15.4. The van der Waals surface area contributed by atoms with Crippen molar-refractivity contribution in [3.8, 4) is 0 Å². The zero-order valence-corrected chi connectivity index (χ0v) is 20.5. The van der Waals surface area contributed by atoms with Crippen LogP contribution >= 0.6 is 0 Å². The van der Waals surface area contributed by atoms with Crippen LogP contribution in [0.4, 0.5) is 0 Å². The number of carbonyl (C=O) groups is 2. The van der Waals surface area contributed by atoms with E-state index >= 15 is 0 Å². The fraction of sp³-hybridized carbons (Fsp3) is 0.667. The summed E-state index contributed by atoms with van der Waals surface area (Å²) >= 11 is 0. The predicted octanol–water partition coefficient (Wildman–Crippen LogP) is 5.76. The van der Waals surface area contributed by atoms with Crippen molar-refractivity contribution in [3.05, 3.63) is 36.1 Å². The van der Waals surface area contributed by atoms with Crippen LogP contribution < -0.4 is 0 Å². The Balaban J connectivity index is 2.11. The molecule has 0 radical (unpaired) electrons. The van der Waals surface area contributed by atoms with E-state index in [0.717, 1.165) is 11.9 Å². The Morgan fingerprint density at radius 1 is 1.31 bits per heavy atom. The summed E-state index contributed by atoms with van der Waals surface area (Å²) in [4.78, 5) is 24.6. The summed E-state index contributed by atoms with van der Waals surface area (Å²) in [7, 11) is -1.93. The molecule has 2 aliphatic rings. The van der Waals surface area contributed by atoms with Crippen molar-refractivity contribution in [2.75, 3.05) is 0 Å². The average molecular weight is 419 g/mol. The van der Waals surface area contributed by atoms with Crippen LogP contribution in [0.2, 0.25) is 18.1 Å². The van der Waals surface area contributed by atoms with Gasteiger partial charge in [0.25, 0.3) is 0 Å². The lowest BCUT2D eigenvalue weighted by Crippen LogP contribution is -2.49. The second-order valence-electron chi connectivity index (χ2n) is 10.7. The van der Waals surface area contributed by atoms with Crippen LogP contribution in [0.1, 0.15) is 60.8 Å². The molecule has 162 valence electrons. The smallest absolute Gasteiger partial charge is 0.250 e. The standard InChI is InChI=1S/C24H38O4Si/c1-16(18(3)28-29(9,10)22(4,5)6)12-11-13-23(7)19(17(2)15-25)14-20-24(8,27-20)21(23)26/h12,15,19-20H,2-3,11,13-14H2,1,4-10H3/b16-12+/t19-,20+,23-,24+/m1/s1. The summed E-state index contributed by atoms with van der Waals surface area (Å²) < 4.78 is 12.0. The Morgan fingerprint density at radius 3 is 2.41 bits per heavy atom. The molecule has 29 heavy (non-hydrogen) atoms. The van der Waals surface area contributed by atoms with Gasteiger partial charge in [-0.25, -0.2) is 0 Å². The van der Waals surface area contributed by atoms with E-state index in [4.69, 9.17) is 9.16 Å². The molecule has 2 rings (SSSR count). The first kappa shape index (κ1) is 23.8. The Bertz CT molecular complexity index is 757. The number of fused-ring (bicyclic) bond motifs is 1. The fourth-order valence-corrected chi connectivity index (χ4v) is 5.19. The summed E-state index contributed by atoms with van der Waals surface area (Å²) in [6.07, 6.45) is 4.82. The topological polar surface area (TPSA) is 55.9 Å². The maximum Gasteiger partial charge on any atom is 0.250 e. The van der Waals surface area contributed by atoms with E-state index in [1.165, 1.54) is 0 Å². The molecule has 0 amide bonds. The number of hydrogen-bond donors (Lipinski definition) is 0. The normalized spacial score (nSPS) is 32.4. The minimum Gasteiger partial charge on any atom is -0.544 e. The first-order valence-corrected chi connectivity index (χ1v) is 13.4. The van der Waals surface area contributed by atoms with Gasteiger partial charge in [-0.2, -0.15) is 0 Å². The lowest BCUT2D eigenvalue weighted by molar-refractivity contribution is -0.136. The lowest BCUT2D eigenvalue weighted by atomic mass is 9.59. The number of ketones is 1. The second kappa shape index (κ2) is 7.66. The summed E-state index contributed by atoms with van der Waals surface area (Å²) in [5.74, 6) is 0.633. The molecule has 4 atom stereocenters. The molecule has 0 bridgehead atoms. The van der Waals surface area contributed by atoms with Crippen LogP contribution in [0.3, 0.4) is 0 Å². The highest BCUT2D eigenvalue weighted by Gasteiger charge is 2.68. The number of Topliss-reactive ketones (excluding diaryl/α,β-unsaturated/α-hetero) is 1. The molecule has 4 nitrogen and oxygen atoms in total. The van der Waals surface area contributed by atoms with Gasteiger partial charge in [-0.15, -0.1) is 0 Å². The molecule has 1 aliphatic heterocycles. The average Bonchev–Trinajstić information content (AvgIpc) is 3.28. The van der Waals surface area contributed by atoms with Gasteiger partial charge in [0.05, 0.1) is 11.9 Å². The van der Waals surface area contributed by atoms with E-state index in [9.17, 15) is 9.59 Å². The number of hydrogen-bond acceptors (Lipinski definition) is 4. The highest BCUT2D eigenvalue weighted by atomic mass is 28.4. The molecule has 1 heterocycles. The molecule has 0 N–H and O–H groups in total. The molecular formula is C24H38O4Si. The first-order valence-electron chi connectivity index (χ1n) is 10.5. The van der Waals surface area contributed by atoms with E-state index in [0.29, 0.717) is 30.6 Å². The highest BCUT2D eigenvalue weighted by molar-refractivity contribution is 6.74. The van der Waals surface area contributed by atoms with Crippen LogP contribution in [-0.4, -0.2) is 32.1 Å². The van der Waals surface area contributed by atoms with Gasteiger partial charge in [0.1, 0.15) is 6.29 Å². The number of epoxide rings is 1. The maximum absolute atomic E-state index is 13.2. The maximum atomic E-state index is 13.2. The molecule has 0 aromatic carbocycles. The predicted molar refractivity (Wildman–Crippen MR) is 120 cm³/mol. The zero-order chi connectivity index (χ0) is 22.4. The van der Waals surface area contributed by atoms with Gasteiger partial charge in [-0.1, -0.05) is 46.9 Å². The monoisotopic (exact) mass is 418 g/mol. The molecule has 0 aromatic heterocycles. The van der Waals surface area contributed by atoms with Crippen LogP contribution in [0.25, 0.3) is 0 Å². The van der Waals surface area contributed by atoms with Crippen LogP contribution in [0, 0.1) is 11.3 Å². The Morgan fingerprint density at radius 2 is 1.90 bits per heavy atom. The van der Waals surface area contributed by atoms with E-state index in [1.54, 1.807) is 0 Å².